The Balaban J connectivity index is 1.90. The molecule has 0 saturated carbocycles. The van der Waals surface area contributed by atoms with Crippen LogP contribution in [0.15, 0.2) is 0 Å². The highest BCUT2D eigenvalue weighted by Crippen LogP contribution is 2.21. The van der Waals surface area contributed by atoms with Crippen LogP contribution in [0.5, 0.6) is 0 Å². The minimum atomic E-state index is -0.388. The van der Waals surface area contributed by atoms with Crippen molar-refractivity contribution in [1.82, 2.24) is 24.4 Å². The number of piperazine rings is 1. The van der Waals surface area contributed by atoms with Gasteiger partial charge in [0.1, 0.15) is 6.23 Å². The molecular formula is C14H22N6O. The number of anilines is 1. The molecule has 1 saturated heterocycles. The van der Waals surface area contributed by atoms with Gasteiger partial charge in [-0.3, -0.25) is 9.47 Å². The van der Waals surface area contributed by atoms with Crippen LogP contribution in [0, 0.1) is 13.8 Å². The molecule has 21 heavy (non-hydrogen) atoms. The van der Waals surface area contributed by atoms with Crippen molar-refractivity contribution in [3.05, 3.63) is 11.4 Å². The monoisotopic (exact) mass is 290 g/mol. The lowest BCUT2D eigenvalue weighted by Gasteiger charge is -2.36. The number of fused-ring (bicyclic) bond motifs is 1. The van der Waals surface area contributed by atoms with E-state index in [0.717, 1.165) is 49.2 Å². The number of hydrogen-bond acceptors (Lipinski definition) is 6. The Hall–Kier alpha value is -1.73. The molecule has 1 atom stereocenters. The summed E-state index contributed by atoms with van der Waals surface area (Å²) in [6.07, 6.45) is -0.388. The molecule has 0 amide bonds. The van der Waals surface area contributed by atoms with Gasteiger partial charge in [0.2, 0.25) is 5.95 Å². The predicted molar refractivity (Wildman–Crippen MR) is 81.2 cm³/mol. The number of nitrogens with zero attached hydrogens (tertiary/aromatic N) is 6. The van der Waals surface area contributed by atoms with Gasteiger partial charge in [-0.25, -0.2) is 9.97 Å². The van der Waals surface area contributed by atoms with Crippen LogP contribution in [0.1, 0.15) is 18.3 Å². The van der Waals surface area contributed by atoms with Gasteiger partial charge < -0.3 is 10.0 Å². The second-order valence-electron chi connectivity index (χ2n) is 5.67. The first-order valence-corrected chi connectivity index (χ1v) is 7.32. The van der Waals surface area contributed by atoms with Crippen LogP contribution in [0.25, 0.3) is 11.3 Å². The lowest BCUT2D eigenvalue weighted by Crippen LogP contribution is -2.50. The minimum absolute atomic E-state index is 0.388. The van der Waals surface area contributed by atoms with E-state index in [-0.39, 0.29) is 6.23 Å². The Kier molecular flexibility index (Phi) is 3.54. The fourth-order valence-electron chi connectivity index (χ4n) is 2.72. The zero-order valence-corrected chi connectivity index (χ0v) is 13.0. The summed E-state index contributed by atoms with van der Waals surface area (Å²) in [5.74, 6) is 0.903. The fourth-order valence-corrected chi connectivity index (χ4v) is 2.72. The number of imidazole rings is 1. The summed E-state index contributed by atoms with van der Waals surface area (Å²) in [4.78, 5) is 18.0. The Morgan fingerprint density at radius 3 is 2.24 bits per heavy atom. The van der Waals surface area contributed by atoms with Crippen molar-refractivity contribution in [2.75, 3.05) is 31.1 Å². The molecule has 0 aromatic carbocycles. The molecule has 7 heteroatoms. The van der Waals surface area contributed by atoms with Crippen LogP contribution < -0.4 is 4.90 Å². The first-order valence-electron chi connectivity index (χ1n) is 7.32. The van der Waals surface area contributed by atoms with Crippen LogP contribution in [0.2, 0.25) is 0 Å². The number of aliphatic hydroxyl groups is 1. The Labute approximate surface area is 124 Å². The maximum atomic E-state index is 9.63. The smallest absolute Gasteiger partial charge is 0.209 e. The molecule has 3 heterocycles. The van der Waals surface area contributed by atoms with Crippen LogP contribution in [-0.2, 0) is 7.05 Å². The number of rotatable bonds is 2. The van der Waals surface area contributed by atoms with Crippen molar-refractivity contribution in [1.29, 1.82) is 0 Å². The standard InChI is InChI=1S/C14H22N6O/c1-9-10(2)16-13-12(15-9)17-14(18(13)4)20-7-5-19(6-8-20)11(3)21/h11,21H,5-8H2,1-4H3. The molecule has 1 aliphatic rings. The van der Waals surface area contributed by atoms with E-state index in [4.69, 9.17) is 0 Å². The van der Waals surface area contributed by atoms with Gasteiger partial charge in [0, 0.05) is 33.2 Å². The summed E-state index contributed by atoms with van der Waals surface area (Å²) >= 11 is 0. The minimum Gasteiger partial charge on any atom is -0.379 e. The first kappa shape index (κ1) is 14.2. The highest BCUT2D eigenvalue weighted by atomic mass is 16.3. The van der Waals surface area contributed by atoms with Crippen LogP contribution in [0.4, 0.5) is 5.95 Å². The molecular weight excluding hydrogens is 268 g/mol. The van der Waals surface area contributed by atoms with Gasteiger partial charge >= 0.3 is 0 Å². The van der Waals surface area contributed by atoms with Gasteiger partial charge in [-0.15, -0.1) is 0 Å². The van der Waals surface area contributed by atoms with Crippen molar-refractivity contribution in [3.8, 4) is 0 Å². The van der Waals surface area contributed by atoms with Gasteiger partial charge in [-0.1, -0.05) is 0 Å². The molecule has 3 rings (SSSR count). The maximum absolute atomic E-state index is 9.63. The average Bonchev–Trinajstić information content (AvgIpc) is 2.77. The first-order chi connectivity index (χ1) is 9.97. The third kappa shape index (κ3) is 2.47. The van der Waals surface area contributed by atoms with Crippen molar-refractivity contribution in [2.24, 2.45) is 7.05 Å². The van der Waals surface area contributed by atoms with E-state index < -0.39 is 0 Å². The molecule has 0 aliphatic carbocycles. The fraction of sp³-hybridized carbons (Fsp3) is 0.643. The highest BCUT2D eigenvalue weighted by molar-refractivity contribution is 5.71. The second-order valence-corrected chi connectivity index (χ2v) is 5.67. The van der Waals surface area contributed by atoms with E-state index in [1.165, 1.54) is 0 Å². The summed E-state index contributed by atoms with van der Waals surface area (Å²) < 4.78 is 2.01. The summed E-state index contributed by atoms with van der Waals surface area (Å²) in [6.45, 7) is 9.09. The summed E-state index contributed by atoms with van der Waals surface area (Å²) in [7, 11) is 1.98. The van der Waals surface area contributed by atoms with E-state index >= 15 is 0 Å². The number of aryl methyl sites for hydroxylation is 3. The number of hydrogen-bond donors (Lipinski definition) is 1. The third-order valence-corrected chi connectivity index (χ3v) is 4.22. The zero-order valence-electron chi connectivity index (χ0n) is 13.0. The third-order valence-electron chi connectivity index (χ3n) is 4.22. The van der Waals surface area contributed by atoms with Gasteiger partial charge in [0.05, 0.1) is 11.4 Å². The number of aliphatic hydroxyl groups excluding tert-OH is 1. The second kappa shape index (κ2) is 5.23. The normalized spacial score (nSPS) is 18.4. The Bertz CT molecular complexity index is 657. The van der Waals surface area contributed by atoms with E-state index in [1.54, 1.807) is 0 Å². The summed E-state index contributed by atoms with van der Waals surface area (Å²) in [5.41, 5.74) is 3.39. The van der Waals surface area contributed by atoms with E-state index in [2.05, 4.69) is 24.8 Å². The SMILES string of the molecule is Cc1nc2nc(N3CCN(C(C)O)CC3)n(C)c2nc1C. The molecule has 7 nitrogen and oxygen atoms in total. The molecule has 1 unspecified atom stereocenters. The Morgan fingerprint density at radius 2 is 1.62 bits per heavy atom. The molecule has 1 fully saturated rings. The molecule has 2 aromatic rings. The Morgan fingerprint density at radius 1 is 1.00 bits per heavy atom. The van der Waals surface area contributed by atoms with E-state index in [9.17, 15) is 5.11 Å². The lowest BCUT2D eigenvalue weighted by atomic mass is 10.3. The zero-order chi connectivity index (χ0) is 15.1. The maximum Gasteiger partial charge on any atom is 0.209 e. The van der Waals surface area contributed by atoms with Crippen molar-refractivity contribution in [2.45, 2.75) is 27.0 Å². The van der Waals surface area contributed by atoms with Crippen LogP contribution in [0.3, 0.4) is 0 Å². The molecule has 1 aliphatic heterocycles. The van der Waals surface area contributed by atoms with Crippen LogP contribution in [-0.4, -0.2) is 61.9 Å². The van der Waals surface area contributed by atoms with Crippen molar-refractivity contribution < 1.29 is 5.11 Å². The van der Waals surface area contributed by atoms with E-state index in [1.807, 2.05) is 32.4 Å². The average molecular weight is 290 g/mol. The lowest BCUT2D eigenvalue weighted by molar-refractivity contribution is 0.0151. The van der Waals surface area contributed by atoms with Crippen molar-refractivity contribution in [3.63, 3.8) is 0 Å². The van der Waals surface area contributed by atoms with Gasteiger partial charge in [0.15, 0.2) is 11.3 Å². The molecule has 0 spiro atoms. The van der Waals surface area contributed by atoms with Crippen molar-refractivity contribution >= 4 is 17.2 Å². The quantitative estimate of drug-likeness (QED) is 0.865. The van der Waals surface area contributed by atoms with E-state index in [0.29, 0.717) is 5.65 Å². The molecule has 0 radical (unpaired) electrons. The topological polar surface area (TPSA) is 70.3 Å². The van der Waals surface area contributed by atoms with Gasteiger partial charge in [-0.2, -0.15) is 4.98 Å². The number of aromatic nitrogens is 4. The highest BCUT2D eigenvalue weighted by Gasteiger charge is 2.23. The summed E-state index contributed by atoms with van der Waals surface area (Å²) in [6, 6.07) is 0. The molecule has 2 aromatic heterocycles. The molecule has 0 bridgehead atoms. The predicted octanol–water partition coefficient (Wildman–Crippen LogP) is 0.440. The summed E-state index contributed by atoms with van der Waals surface area (Å²) in [5, 5.41) is 9.63. The molecule has 114 valence electrons. The van der Waals surface area contributed by atoms with Crippen LogP contribution >= 0.6 is 0 Å². The van der Waals surface area contributed by atoms with Gasteiger partial charge in [0.25, 0.3) is 0 Å². The largest absolute Gasteiger partial charge is 0.379 e. The van der Waals surface area contributed by atoms with Gasteiger partial charge in [-0.05, 0) is 20.8 Å². The molecule has 1 N–H and O–H groups in total.